The van der Waals surface area contributed by atoms with Crippen LogP contribution in [-0.4, -0.2) is 138 Å². The first-order valence-electron chi connectivity index (χ1n) is 17.4. The van der Waals surface area contributed by atoms with E-state index >= 15 is 0 Å². The van der Waals surface area contributed by atoms with Crippen LogP contribution in [0, 0.1) is 46.3 Å². The summed E-state index contributed by atoms with van der Waals surface area (Å²) in [5, 5.41) is 76.5. The highest BCUT2D eigenvalue weighted by Gasteiger charge is 2.65. The molecule has 4 aliphatic carbocycles. The number of fused-ring (bicyclic) bond motifs is 5. The number of nitrogens with zero attached hydrogens (tertiary/aromatic N) is 2. The summed E-state index contributed by atoms with van der Waals surface area (Å²) in [7, 11) is 0. The van der Waals surface area contributed by atoms with Crippen LogP contribution in [-0.2, 0) is 24.0 Å². The molecule has 0 aromatic carbocycles. The van der Waals surface area contributed by atoms with Gasteiger partial charge in [0.2, 0.25) is 0 Å². The Labute approximate surface area is 286 Å². The number of rotatable bonds is 15. The van der Waals surface area contributed by atoms with E-state index in [1.54, 1.807) is 0 Å². The monoisotopic (exact) mass is 700 g/mol. The number of carbonyl (C=O) groups is 5. The van der Waals surface area contributed by atoms with E-state index < -0.39 is 62.1 Å². The number of aliphatic carboxylic acids is 5. The highest BCUT2D eigenvalue weighted by Crippen LogP contribution is 2.68. The fourth-order valence-corrected chi connectivity index (χ4v) is 10.2. The van der Waals surface area contributed by atoms with Crippen LogP contribution in [0.1, 0.15) is 78.6 Å². The molecule has 4 rings (SSSR count). The molecular formula is C34H56N2O13. The number of carboxylic acid groups (broad SMARTS) is 5. The van der Waals surface area contributed by atoms with E-state index in [1.807, 2.05) is 0 Å². The zero-order valence-corrected chi connectivity index (χ0v) is 28.8. The average Bonchev–Trinajstić information content (AvgIpc) is 3.33. The zero-order valence-electron chi connectivity index (χ0n) is 28.8. The van der Waals surface area contributed by atoms with E-state index in [4.69, 9.17) is 25.5 Å². The van der Waals surface area contributed by atoms with E-state index in [9.17, 15) is 39.3 Å². The molecule has 0 unspecified atom stereocenters. The number of hydrogen-bond donors (Lipinski definition) is 8. The second-order valence-electron chi connectivity index (χ2n) is 15.4. The van der Waals surface area contributed by atoms with Crippen LogP contribution in [0.4, 0.5) is 0 Å². The average molecular weight is 701 g/mol. The van der Waals surface area contributed by atoms with Gasteiger partial charge in [0, 0.05) is 19.5 Å². The molecule has 0 radical (unpaired) electrons. The van der Waals surface area contributed by atoms with Crippen molar-refractivity contribution < 1.29 is 64.8 Å². The Hall–Kier alpha value is -2.85. The van der Waals surface area contributed by atoms with Crippen molar-refractivity contribution in [1.82, 2.24) is 9.80 Å². The normalized spacial score (nSPS) is 35.7. The maximum atomic E-state index is 11.5. The van der Waals surface area contributed by atoms with Gasteiger partial charge in [-0.1, -0.05) is 20.8 Å². The van der Waals surface area contributed by atoms with Gasteiger partial charge >= 0.3 is 29.8 Å². The number of hydrogen-bond acceptors (Lipinski definition) is 10. The van der Waals surface area contributed by atoms with Crippen LogP contribution in [0.2, 0.25) is 0 Å². The van der Waals surface area contributed by atoms with Crippen LogP contribution >= 0.6 is 0 Å². The quantitative estimate of drug-likeness (QED) is 0.120. The summed E-state index contributed by atoms with van der Waals surface area (Å²) in [5.74, 6) is -3.91. The molecule has 15 heteroatoms. The van der Waals surface area contributed by atoms with Crippen LogP contribution in [0.25, 0.3) is 0 Å². The third-order valence-corrected chi connectivity index (χ3v) is 12.5. The number of carboxylic acids is 5. The molecule has 0 saturated heterocycles. The lowest BCUT2D eigenvalue weighted by molar-refractivity contribution is -0.207. The van der Waals surface area contributed by atoms with Crippen LogP contribution < -0.4 is 0 Å². The number of aliphatic hydroxyl groups is 3. The molecule has 280 valence electrons. The molecule has 0 aromatic rings. The van der Waals surface area contributed by atoms with Gasteiger partial charge in [-0.25, -0.2) is 0 Å². The highest BCUT2D eigenvalue weighted by molar-refractivity contribution is 5.73. The molecule has 0 aliphatic heterocycles. The smallest absolute Gasteiger partial charge is 0.317 e. The Morgan fingerprint density at radius 3 is 1.67 bits per heavy atom. The summed E-state index contributed by atoms with van der Waals surface area (Å²) in [6.45, 7) is 4.47. The Kier molecular flexibility index (Phi) is 14.0. The van der Waals surface area contributed by atoms with Gasteiger partial charge in [0.25, 0.3) is 0 Å². The van der Waals surface area contributed by atoms with E-state index in [1.165, 1.54) is 0 Å². The van der Waals surface area contributed by atoms with Gasteiger partial charge in [-0.2, -0.15) is 0 Å². The molecule has 0 aromatic heterocycles. The molecule has 0 bridgehead atoms. The first-order chi connectivity index (χ1) is 22.8. The first kappa shape index (κ1) is 40.6. The second kappa shape index (κ2) is 16.9. The Morgan fingerprint density at radius 2 is 1.20 bits per heavy atom. The van der Waals surface area contributed by atoms with Crippen LogP contribution in [0.15, 0.2) is 0 Å². The molecule has 11 atom stereocenters. The number of aliphatic hydroxyl groups excluding tert-OH is 3. The molecule has 15 nitrogen and oxygen atoms in total. The second-order valence-corrected chi connectivity index (χ2v) is 15.4. The van der Waals surface area contributed by atoms with Gasteiger partial charge in [-0.15, -0.1) is 0 Å². The van der Waals surface area contributed by atoms with Crippen molar-refractivity contribution in [3.05, 3.63) is 0 Å². The standard InChI is InChI=1S/C24H40O5.C10H16N2O8/c1-13(4-7-21(28)29)16-5-6-17-22-18(12-20(27)24(16,17)3)23(2)9-8-15(25)10-14(23)11-19(22)26;13-7(14)3-11(4-8(15)16)1-2-12(5-9(17)18)6-10(19)20/h13-20,22,25-27H,4-12H2,1-3H3,(H,28,29);1-6H2,(H,13,14)(H,15,16)(H,17,18)(H,19,20)/t13-,14+,15-,16-,17+,18+,19-,20+,22+,23+,24-;/m1./s1. The highest BCUT2D eigenvalue weighted by atomic mass is 16.4. The maximum Gasteiger partial charge on any atom is 0.317 e. The summed E-state index contributed by atoms with van der Waals surface area (Å²) in [5.41, 5.74) is -0.143. The van der Waals surface area contributed by atoms with E-state index in [2.05, 4.69) is 20.8 Å². The van der Waals surface area contributed by atoms with Crippen molar-refractivity contribution in [2.24, 2.45) is 46.3 Å². The van der Waals surface area contributed by atoms with E-state index in [-0.39, 0.29) is 54.4 Å². The molecule has 4 aliphatic rings. The Bertz CT molecular complexity index is 1130. The van der Waals surface area contributed by atoms with Crippen molar-refractivity contribution >= 4 is 29.8 Å². The van der Waals surface area contributed by atoms with Gasteiger partial charge in [-0.05, 0) is 97.7 Å². The predicted octanol–water partition coefficient (Wildman–Crippen LogP) is 1.38. The largest absolute Gasteiger partial charge is 0.481 e. The SMILES string of the molecule is C[C@H](CCC(=O)O)[C@H]1CC[C@H]2[C@@H]3[C@H](O)C[C@@H]4C[C@H](O)CC[C@]4(C)[C@H]3C[C@H](O)[C@]12C.O=C(O)CN(CCN(CC(=O)O)CC(=O)O)CC(=O)O. The third kappa shape index (κ3) is 9.90. The third-order valence-electron chi connectivity index (χ3n) is 12.5. The lowest BCUT2D eigenvalue weighted by Gasteiger charge is -2.63. The molecule has 0 amide bonds. The van der Waals surface area contributed by atoms with Crippen molar-refractivity contribution in [3.8, 4) is 0 Å². The summed E-state index contributed by atoms with van der Waals surface area (Å²) < 4.78 is 0. The minimum Gasteiger partial charge on any atom is -0.481 e. The minimum absolute atomic E-state index is 0.0703. The Balaban J connectivity index is 0.000000288. The van der Waals surface area contributed by atoms with Crippen LogP contribution in [0.3, 0.4) is 0 Å². The van der Waals surface area contributed by atoms with Gasteiger partial charge in [-0.3, -0.25) is 33.8 Å². The summed E-state index contributed by atoms with van der Waals surface area (Å²) in [6.07, 6.45) is 6.00. The van der Waals surface area contributed by atoms with Crippen molar-refractivity contribution in [1.29, 1.82) is 0 Å². The first-order valence-corrected chi connectivity index (χ1v) is 17.4. The molecule has 4 fully saturated rings. The zero-order chi connectivity index (χ0) is 36.8. The molecule has 0 spiro atoms. The molecule has 49 heavy (non-hydrogen) atoms. The molecular weight excluding hydrogens is 644 g/mol. The van der Waals surface area contributed by atoms with E-state index in [0.717, 1.165) is 54.7 Å². The van der Waals surface area contributed by atoms with Crippen LogP contribution in [0.5, 0.6) is 0 Å². The topological polar surface area (TPSA) is 254 Å². The van der Waals surface area contributed by atoms with Gasteiger partial charge in [0.1, 0.15) is 0 Å². The van der Waals surface area contributed by atoms with E-state index in [0.29, 0.717) is 30.1 Å². The van der Waals surface area contributed by atoms with Crippen molar-refractivity contribution in [2.45, 2.75) is 96.9 Å². The molecule has 8 N–H and O–H groups in total. The lowest BCUT2D eigenvalue weighted by Crippen LogP contribution is -2.62. The fraction of sp³-hybridized carbons (Fsp3) is 0.853. The summed E-state index contributed by atoms with van der Waals surface area (Å²) in [6, 6.07) is 0. The minimum atomic E-state index is -1.23. The van der Waals surface area contributed by atoms with Gasteiger partial charge < -0.3 is 40.9 Å². The molecule has 0 heterocycles. The molecule has 4 saturated carbocycles. The fourth-order valence-electron chi connectivity index (χ4n) is 10.2. The summed E-state index contributed by atoms with van der Waals surface area (Å²) in [4.78, 5) is 55.4. The van der Waals surface area contributed by atoms with Gasteiger partial charge in [0.15, 0.2) is 0 Å². The lowest BCUT2D eigenvalue weighted by atomic mass is 9.43. The Morgan fingerprint density at radius 1 is 0.694 bits per heavy atom. The van der Waals surface area contributed by atoms with Crippen molar-refractivity contribution in [2.75, 3.05) is 39.3 Å². The maximum absolute atomic E-state index is 11.5. The predicted molar refractivity (Wildman–Crippen MR) is 173 cm³/mol. The van der Waals surface area contributed by atoms with Gasteiger partial charge in [0.05, 0.1) is 44.5 Å². The summed E-state index contributed by atoms with van der Waals surface area (Å²) >= 11 is 0. The van der Waals surface area contributed by atoms with Crippen molar-refractivity contribution in [3.63, 3.8) is 0 Å².